The maximum absolute atomic E-state index is 12.4. The Balaban J connectivity index is 1.67. The number of amides is 1. The molecule has 0 bridgehead atoms. The number of aliphatic carboxylic acids is 2. The molecule has 1 aromatic heterocycles. The van der Waals surface area contributed by atoms with E-state index >= 15 is 0 Å². The molecule has 3 rings (SSSR count). The number of carboxylic acids is 2. The quantitative estimate of drug-likeness (QED) is 0.380. The molecule has 0 radical (unpaired) electrons. The first kappa shape index (κ1) is 22.4. The van der Waals surface area contributed by atoms with Crippen molar-refractivity contribution in [1.82, 2.24) is 20.7 Å². The van der Waals surface area contributed by atoms with Gasteiger partial charge in [0.05, 0.1) is 5.39 Å². The first-order valence-corrected chi connectivity index (χ1v) is 9.65. The number of carbonyl (C=O) groups is 3. The predicted molar refractivity (Wildman–Crippen MR) is 114 cm³/mol. The van der Waals surface area contributed by atoms with E-state index in [1.165, 1.54) is 0 Å². The molecular formula is C21H21N5O6. The van der Waals surface area contributed by atoms with Crippen molar-refractivity contribution < 1.29 is 24.6 Å². The van der Waals surface area contributed by atoms with Crippen molar-refractivity contribution in [1.29, 1.82) is 0 Å². The van der Waals surface area contributed by atoms with E-state index in [0.717, 1.165) is 11.3 Å². The molecule has 0 aliphatic carbocycles. The molecule has 0 saturated heterocycles. The van der Waals surface area contributed by atoms with Crippen LogP contribution in [0.1, 0.15) is 28.8 Å². The summed E-state index contributed by atoms with van der Waals surface area (Å²) in [6.45, 7) is 0.486. The lowest BCUT2D eigenvalue weighted by atomic mass is 10.1. The van der Waals surface area contributed by atoms with Crippen molar-refractivity contribution in [3.05, 3.63) is 63.9 Å². The van der Waals surface area contributed by atoms with Crippen molar-refractivity contribution >= 4 is 34.4 Å². The van der Waals surface area contributed by atoms with E-state index in [9.17, 15) is 24.3 Å². The van der Waals surface area contributed by atoms with Crippen molar-refractivity contribution in [2.75, 3.05) is 11.9 Å². The van der Waals surface area contributed by atoms with Gasteiger partial charge in [-0.15, -0.1) is 5.10 Å². The van der Waals surface area contributed by atoms with E-state index in [0.29, 0.717) is 17.4 Å². The Hall–Kier alpha value is -4.28. The van der Waals surface area contributed by atoms with Crippen LogP contribution in [-0.4, -0.2) is 56.6 Å². The Kier molecular flexibility index (Phi) is 6.78. The molecule has 1 atom stereocenters. The van der Waals surface area contributed by atoms with Gasteiger partial charge in [0, 0.05) is 31.3 Å². The summed E-state index contributed by atoms with van der Waals surface area (Å²) in [6, 6.07) is 10.5. The molecule has 1 amide bonds. The van der Waals surface area contributed by atoms with Crippen molar-refractivity contribution in [2.24, 2.45) is 0 Å². The van der Waals surface area contributed by atoms with E-state index in [4.69, 9.17) is 5.11 Å². The van der Waals surface area contributed by atoms with Crippen LogP contribution in [-0.2, 0) is 16.1 Å². The zero-order valence-corrected chi connectivity index (χ0v) is 17.1. The van der Waals surface area contributed by atoms with Gasteiger partial charge in [-0.1, -0.05) is 11.3 Å². The number of hydrogen-bond donors (Lipinski definition) is 4. The minimum Gasteiger partial charge on any atom is -0.481 e. The predicted octanol–water partition coefficient (Wildman–Crippen LogP) is 1.00. The third-order valence-corrected chi connectivity index (χ3v) is 4.86. The number of aromatic nitrogens is 3. The lowest BCUT2D eigenvalue weighted by molar-refractivity contribution is -0.140. The average molecular weight is 439 g/mol. The number of H-pyrrole nitrogens is 1. The number of aromatic amines is 1. The Morgan fingerprint density at radius 1 is 1.12 bits per heavy atom. The van der Waals surface area contributed by atoms with Gasteiger partial charge in [0.25, 0.3) is 11.5 Å². The van der Waals surface area contributed by atoms with Gasteiger partial charge in [0.15, 0.2) is 0 Å². The second-order valence-electron chi connectivity index (χ2n) is 7.19. The number of carboxylic acid groups (broad SMARTS) is 2. The van der Waals surface area contributed by atoms with Crippen molar-refractivity contribution in [2.45, 2.75) is 25.4 Å². The Morgan fingerprint density at radius 2 is 1.84 bits per heavy atom. The van der Waals surface area contributed by atoms with E-state index in [1.54, 1.807) is 36.4 Å². The van der Waals surface area contributed by atoms with Gasteiger partial charge < -0.3 is 20.4 Å². The maximum atomic E-state index is 12.4. The van der Waals surface area contributed by atoms with E-state index in [-0.39, 0.29) is 24.0 Å². The molecule has 3 aromatic rings. The van der Waals surface area contributed by atoms with E-state index in [2.05, 4.69) is 20.7 Å². The van der Waals surface area contributed by atoms with Gasteiger partial charge in [0.1, 0.15) is 11.6 Å². The Morgan fingerprint density at radius 3 is 2.50 bits per heavy atom. The monoisotopic (exact) mass is 439 g/mol. The van der Waals surface area contributed by atoms with Gasteiger partial charge in [-0.25, -0.2) is 9.89 Å². The summed E-state index contributed by atoms with van der Waals surface area (Å²) in [5.74, 6) is -3.04. The number of nitrogens with one attached hydrogen (secondary N) is 2. The Labute approximate surface area is 181 Å². The summed E-state index contributed by atoms with van der Waals surface area (Å²) in [7, 11) is 1.85. The fraction of sp³-hybridized carbons (Fsp3) is 0.238. The number of carbonyl (C=O) groups excluding carboxylic acids is 1. The van der Waals surface area contributed by atoms with Crippen LogP contribution in [0, 0.1) is 0 Å². The second-order valence-corrected chi connectivity index (χ2v) is 7.19. The third-order valence-electron chi connectivity index (χ3n) is 4.86. The van der Waals surface area contributed by atoms with Gasteiger partial charge in [-0.2, -0.15) is 0 Å². The first-order valence-electron chi connectivity index (χ1n) is 9.65. The summed E-state index contributed by atoms with van der Waals surface area (Å²) in [4.78, 5) is 48.1. The largest absolute Gasteiger partial charge is 0.481 e. The van der Waals surface area contributed by atoms with Crippen molar-refractivity contribution in [3.8, 4) is 0 Å². The first-order chi connectivity index (χ1) is 15.2. The number of hydrogen-bond acceptors (Lipinski definition) is 7. The molecule has 0 aliphatic heterocycles. The number of benzene rings is 2. The van der Waals surface area contributed by atoms with Crippen LogP contribution in [0.15, 0.2) is 47.3 Å². The maximum Gasteiger partial charge on any atom is 0.326 e. The highest BCUT2D eigenvalue weighted by molar-refractivity contribution is 5.97. The number of fused-ring (bicyclic) bond motifs is 1. The second kappa shape index (κ2) is 9.69. The van der Waals surface area contributed by atoms with Crippen LogP contribution >= 0.6 is 0 Å². The van der Waals surface area contributed by atoms with Crippen LogP contribution in [0.3, 0.4) is 0 Å². The summed E-state index contributed by atoms with van der Waals surface area (Å²) in [5, 5.41) is 30.4. The van der Waals surface area contributed by atoms with Crippen LogP contribution in [0.5, 0.6) is 0 Å². The molecule has 4 N–H and O–H groups in total. The van der Waals surface area contributed by atoms with E-state index < -0.39 is 23.9 Å². The van der Waals surface area contributed by atoms with Crippen LogP contribution in [0.25, 0.3) is 10.9 Å². The molecule has 0 fully saturated rings. The standard InChI is InChI=1S/C21H21N5O6/c1-26(11-12-2-7-16-15(10-12)20(30)24-25-23-16)14-5-3-13(4-6-14)19(29)22-17(21(31)32)8-9-18(27)28/h2-7,10,17H,8-9,11H2,1H3,(H,22,29)(H,27,28)(H,31,32)(H,23,24,30)/t17-/m0/s1. The van der Waals surface area contributed by atoms with E-state index in [1.807, 2.05) is 18.0 Å². The molecule has 0 saturated carbocycles. The normalized spacial score (nSPS) is 11.7. The molecule has 0 spiro atoms. The van der Waals surface area contributed by atoms with Crippen LogP contribution in [0.4, 0.5) is 5.69 Å². The molecule has 2 aromatic carbocycles. The van der Waals surface area contributed by atoms with Crippen molar-refractivity contribution in [3.63, 3.8) is 0 Å². The number of rotatable bonds is 9. The van der Waals surface area contributed by atoms with Crippen LogP contribution in [0.2, 0.25) is 0 Å². The Bertz CT molecular complexity index is 1210. The topological polar surface area (TPSA) is 166 Å². The molecule has 0 aliphatic rings. The van der Waals surface area contributed by atoms with Gasteiger partial charge in [-0.05, 0) is 48.4 Å². The molecule has 11 nitrogen and oxygen atoms in total. The highest BCUT2D eigenvalue weighted by atomic mass is 16.4. The molecule has 32 heavy (non-hydrogen) atoms. The smallest absolute Gasteiger partial charge is 0.326 e. The molecule has 166 valence electrons. The summed E-state index contributed by atoms with van der Waals surface area (Å²) >= 11 is 0. The van der Waals surface area contributed by atoms with Gasteiger partial charge >= 0.3 is 11.9 Å². The lowest BCUT2D eigenvalue weighted by Gasteiger charge is -2.20. The zero-order valence-electron chi connectivity index (χ0n) is 17.1. The zero-order chi connectivity index (χ0) is 23.3. The molecule has 0 unspecified atom stereocenters. The molecule has 11 heteroatoms. The summed E-state index contributed by atoms with van der Waals surface area (Å²) in [5.41, 5.74) is 2.10. The number of anilines is 1. The third kappa shape index (κ3) is 5.45. The molecular weight excluding hydrogens is 418 g/mol. The fourth-order valence-corrected chi connectivity index (χ4v) is 3.13. The highest BCUT2D eigenvalue weighted by Crippen LogP contribution is 2.18. The SMILES string of the molecule is CN(Cc1ccc2nn[nH]c(=O)c2c1)c1ccc(C(=O)N[C@@H](CCC(=O)O)C(=O)O)cc1. The number of nitrogens with zero attached hydrogens (tertiary/aromatic N) is 3. The van der Waals surface area contributed by atoms with Gasteiger partial charge in [-0.3, -0.25) is 14.4 Å². The van der Waals surface area contributed by atoms with Crippen LogP contribution < -0.4 is 15.8 Å². The van der Waals surface area contributed by atoms with Gasteiger partial charge in [0.2, 0.25) is 0 Å². The minimum atomic E-state index is -1.30. The summed E-state index contributed by atoms with van der Waals surface area (Å²) in [6.07, 6.45) is -0.578. The lowest BCUT2D eigenvalue weighted by Crippen LogP contribution is -2.41. The summed E-state index contributed by atoms with van der Waals surface area (Å²) < 4.78 is 0. The highest BCUT2D eigenvalue weighted by Gasteiger charge is 2.21. The molecule has 1 heterocycles. The average Bonchev–Trinajstić information content (AvgIpc) is 2.76. The minimum absolute atomic E-state index is 0.211. The fourth-order valence-electron chi connectivity index (χ4n) is 3.13.